The van der Waals surface area contributed by atoms with E-state index in [1.165, 1.54) is 5.56 Å². The number of hydrogen-bond donors (Lipinski definition) is 1. The third kappa shape index (κ3) is 3.98. The first-order chi connectivity index (χ1) is 11.5. The van der Waals surface area contributed by atoms with Crippen molar-refractivity contribution in [1.29, 1.82) is 0 Å². The summed E-state index contributed by atoms with van der Waals surface area (Å²) in [5, 5.41) is 0.468. The Bertz CT molecular complexity index is 809. The summed E-state index contributed by atoms with van der Waals surface area (Å²) >= 11 is 6.05. The summed E-state index contributed by atoms with van der Waals surface area (Å²) in [5.74, 6) is 0. The molecule has 1 atom stereocenters. The van der Waals surface area contributed by atoms with Crippen molar-refractivity contribution in [2.75, 3.05) is 13.1 Å². The van der Waals surface area contributed by atoms with Gasteiger partial charge in [-0.25, -0.2) is 13.1 Å². The lowest BCUT2D eigenvalue weighted by Gasteiger charge is -2.17. The van der Waals surface area contributed by atoms with Crippen LogP contribution in [0.1, 0.15) is 17.5 Å². The SMILES string of the molecule is Cc1c(Cl)cccc1S(=O)(=O)NC1CCN(Cc2ccccc2)C1. The van der Waals surface area contributed by atoms with Gasteiger partial charge in [0, 0.05) is 30.7 Å². The van der Waals surface area contributed by atoms with Gasteiger partial charge in [0.15, 0.2) is 0 Å². The molecule has 0 amide bonds. The van der Waals surface area contributed by atoms with Crippen LogP contribution in [-0.4, -0.2) is 32.4 Å². The summed E-state index contributed by atoms with van der Waals surface area (Å²) in [7, 11) is -3.55. The Hall–Kier alpha value is -1.40. The first-order valence-corrected chi connectivity index (χ1v) is 9.85. The van der Waals surface area contributed by atoms with E-state index in [4.69, 9.17) is 11.6 Å². The van der Waals surface area contributed by atoms with E-state index in [2.05, 4.69) is 21.8 Å². The lowest BCUT2D eigenvalue weighted by Crippen LogP contribution is -2.37. The summed E-state index contributed by atoms with van der Waals surface area (Å²) < 4.78 is 28.1. The van der Waals surface area contributed by atoms with Crippen LogP contribution in [-0.2, 0) is 16.6 Å². The molecular formula is C18H21ClN2O2S. The van der Waals surface area contributed by atoms with Gasteiger partial charge in [-0.05, 0) is 36.6 Å². The second-order valence-electron chi connectivity index (χ2n) is 6.19. The maximum atomic E-state index is 12.6. The highest BCUT2D eigenvalue weighted by Gasteiger charge is 2.28. The normalized spacial score (nSPS) is 18.8. The third-order valence-electron chi connectivity index (χ3n) is 4.35. The minimum Gasteiger partial charge on any atom is -0.297 e. The predicted octanol–water partition coefficient (Wildman–Crippen LogP) is 3.20. The van der Waals surface area contributed by atoms with Crippen LogP contribution in [0.3, 0.4) is 0 Å². The topological polar surface area (TPSA) is 49.4 Å². The fourth-order valence-electron chi connectivity index (χ4n) is 3.08. The third-order valence-corrected chi connectivity index (χ3v) is 6.43. The fraction of sp³-hybridized carbons (Fsp3) is 0.333. The van der Waals surface area contributed by atoms with Crippen LogP contribution < -0.4 is 4.72 Å². The molecule has 2 aromatic rings. The van der Waals surface area contributed by atoms with E-state index in [1.807, 2.05) is 18.2 Å². The number of likely N-dealkylation sites (tertiary alicyclic amines) is 1. The molecule has 1 unspecified atom stereocenters. The van der Waals surface area contributed by atoms with Crippen LogP contribution in [0.2, 0.25) is 5.02 Å². The standard InChI is InChI=1S/C18H21ClN2O2S/c1-14-17(19)8-5-9-18(14)24(22,23)20-16-10-11-21(13-16)12-15-6-3-2-4-7-15/h2-9,16,20H,10-13H2,1H3. The Morgan fingerprint density at radius 1 is 1.17 bits per heavy atom. The Kier molecular flexibility index (Phi) is 5.25. The van der Waals surface area contributed by atoms with Crippen molar-refractivity contribution in [3.05, 3.63) is 64.7 Å². The number of sulfonamides is 1. The lowest BCUT2D eigenvalue weighted by atomic mass is 10.2. The van der Waals surface area contributed by atoms with Gasteiger partial charge >= 0.3 is 0 Å². The zero-order valence-electron chi connectivity index (χ0n) is 13.6. The van der Waals surface area contributed by atoms with Crippen LogP contribution in [0.25, 0.3) is 0 Å². The van der Waals surface area contributed by atoms with Crippen LogP contribution in [0.4, 0.5) is 0 Å². The molecule has 4 nitrogen and oxygen atoms in total. The summed E-state index contributed by atoms with van der Waals surface area (Å²) in [6, 6.07) is 15.1. The highest BCUT2D eigenvalue weighted by Crippen LogP contribution is 2.24. The molecule has 3 rings (SSSR count). The molecule has 1 aliphatic heterocycles. The van der Waals surface area contributed by atoms with E-state index in [0.29, 0.717) is 17.1 Å². The Labute approximate surface area is 148 Å². The molecule has 0 saturated carbocycles. The van der Waals surface area contributed by atoms with Gasteiger partial charge in [-0.3, -0.25) is 4.90 Å². The van der Waals surface area contributed by atoms with Gasteiger partial charge in [-0.1, -0.05) is 48.0 Å². The first-order valence-electron chi connectivity index (χ1n) is 7.99. The average Bonchev–Trinajstić information content (AvgIpc) is 2.97. The zero-order valence-corrected chi connectivity index (χ0v) is 15.1. The smallest absolute Gasteiger partial charge is 0.241 e. The van der Waals surface area contributed by atoms with Crippen molar-refractivity contribution in [3.8, 4) is 0 Å². The van der Waals surface area contributed by atoms with Gasteiger partial charge in [-0.2, -0.15) is 0 Å². The highest BCUT2D eigenvalue weighted by molar-refractivity contribution is 7.89. The molecule has 1 fully saturated rings. The van der Waals surface area contributed by atoms with Gasteiger partial charge in [0.05, 0.1) is 4.90 Å². The van der Waals surface area contributed by atoms with Gasteiger partial charge in [0.25, 0.3) is 0 Å². The van der Waals surface area contributed by atoms with E-state index in [-0.39, 0.29) is 10.9 Å². The molecule has 1 saturated heterocycles. The molecule has 2 aromatic carbocycles. The predicted molar refractivity (Wildman–Crippen MR) is 96.6 cm³/mol. The number of benzene rings is 2. The number of rotatable bonds is 5. The molecule has 0 aromatic heterocycles. The van der Waals surface area contributed by atoms with Crippen molar-refractivity contribution in [2.24, 2.45) is 0 Å². The summed E-state index contributed by atoms with van der Waals surface area (Å²) in [6.45, 7) is 4.17. The van der Waals surface area contributed by atoms with Crippen molar-refractivity contribution < 1.29 is 8.42 Å². The Morgan fingerprint density at radius 2 is 1.92 bits per heavy atom. The van der Waals surface area contributed by atoms with Gasteiger partial charge in [0.2, 0.25) is 10.0 Å². The minimum atomic E-state index is -3.55. The molecule has 0 aliphatic carbocycles. The molecule has 1 N–H and O–H groups in total. The Balaban J connectivity index is 1.65. The van der Waals surface area contributed by atoms with E-state index in [1.54, 1.807) is 25.1 Å². The molecule has 1 aliphatic rings. The number of hydrogen-bond acceptors (Lipinski definition) is 3. The largest absolute Gasteiger partial charge is 0.297 e. The van der Waals surface area contributed by atoms with Crippen LogP contribution in [0.5, 0.6) is 0 Å². The number of nitrogens with zero attached hydrogens (tertiary/aromatic N) is 1. The number of nitrogens with one attached hydrogen (secondary N) is 1. The van der Waals surface area contributed by atoms with Crippen molar-refractivity contribution in [1.82, 2.24) is 9.62 Å². The Morgan fingerprint density at radius 3 is 2.67 bits per heavy atom. The van der Waals surface area contributed by atoms with Crippen LogP contribution >= 0.6 is 11.6 Å². The molecule has 6 heteroatoms. The van der Waals surface area contributed by atoms with E-state index in [9.17, 15) is 8.42 Å². The molecule has 0 spiro atoms. The van der Waals surface area contributed by atoms with Crippen molar-refractivity contribution in [3.63, 3.8) is 0 Å². The van der Waals surface area contributed by atoms with E-state index < -0.39 is 10.0 Å². The maximum Gasteiger partial charge on any atom is 0.241 e. The first kappa shape index (κ1) is 17.4. The highest BCUT2D eigenvalue weighted by atomic mass is 35.5. The lowest BCUT2D eigenvalue weighted by molar-refractivity contribution is 0.324. The molecule has 24 heavy (non-hydrogen) atoms. The fourth-order valence-corrected chi connectivity index (χ4v) is 4.84. The minimum absolute atomic E-state index is 0.0721. The quantitative estimate of drug-likeness (QED) is 0.886. The molecule has 0 radical (unpaired) electrons. The van der Waals surface area contributed by atoms with E-state index >= 15 is 0 Å². The average molecular weight is 365 g/mol. The summed E-state index contributed by atoms with van der Waals surface area (Å²) in [6.07, 6.45) is 0.811. The summed E-state index contributed by atoms with van der Waals surface area (Å²) in [4.78, 5) is 2.53. The van der Waals surface area contributed by atoms with Crippen LogP contribution in [0.15, 0.2) is 53.4 Å². The zero-order chi connectivity index (χ0) is 17.2. The molecule has 1 heterocycles. The second kappa shape index (κ2) is 7.23. The monoisotopic (exact) mass is 364 g/mol. The van der Waals surface area contributed by atoms with Gasteiger partial charge in [0.1, 0.15) is 0 Å². The molecule has 128 valence electrons. The molecule has 0 bridgehead atoms. The van der Waals surface area contributed by atoms with Crippen molar-refractivity contribution in [2.45, 2.75) is 30.8 Å². The van der Waals surface area contributed by atoms with Gasteiger partial charge in [-0.15, -0.1) is 0 Å². The van der Waals surface area contributed by atoms with Crippen molar-refractivity contribution >= 4 is 21.6 Å². The van der Waals surface area contributed by atoms with Gasteiger partial charge < -0.3 is 0 Å². The molecular weight excluding hydrogens is 344 g/mol. The number of halogens is 1. The maximum absolute atomic E-state index is 12.6. The summed E-state index contributed by atoms with van der Waals surface area (Å²) in [5.41, 5.74) is 1.83. The van der Waals surface area contributed by atoms with E-state index in [0.717, 1.165) is 19.5 Å². The van der Waals surface area contributed by atoms with Crippen LogP contribution in [0, 0.1) is 6.92 Å². The second-order valence-corrected chi connectivity index (χ2v) is 8.28.